The Balaban J connectivity index is 2.73. The first-order valence-corrected chi connectivity index (χ1v) is 3.65. The quantitative estimate of drug-likeness (QED) is 0.504. The van der Waals surface area contributed by atoms with Crippen LogP contribution in [-0.4, -0.2) is 10.1 Å². The molecule has 1 saturated carbocycles. The molecule has 0 heterocycles. The molecule has 1 rings (SSSR count). The molecule has 0 saturated heterocycles. The van der Waals surface area contributed by atoms with Crippen LogP contribution in [0.25, 0.3) is 0 Å². The number of Topliss-reactive ketones (excluding diaryl/α,β-unsaturated/α-hetero) is 1. The molecule has 1 aliphatic carbocycles. The average molecular weight is 167 g/mol. The van der Waals surface area contributed by atoms with E-state index in [9.17, 15) is 4.79 Å². The van der Waals surface area contributed by atoms with Gasteiger partial charge in [0.15, 0.2) is 10.1 Å². The van der Waals surface area contributed by atoms with E-state index in [-0.39, 0.29) is 17.6 Å². The van der Waals surface area contributed by atoms with Crippen LogP contribution in [0.3, 0.4) is 0 Å². The second-order valence-corrected chi connectivity index (χ2v) is 3.95. The molecule has 0 N–H and O–H groups in total. The highest BCUT2D eigenvalue weighted by Gasteiger charge is 2.55. The molecule has 0 aromatic heterocycles. The molecular weight excluding hydrogens is 159 g/mol. The van der Waals surface area contributed by atoms with Gasteiger partial charge in [-0.25, -0.2) is 0 Å². The van der Waals surface area contributed by atoms with Gasteiger partial charge in [-0.2, -0.15) is 0 Å². The van der Waals surface area contributed by atoms with Gasteiger partial charge in [-0.1, -0.05) is 37.0 Å². The van der Waals surface area contributed by atoms with Crippen molar-refractivity contribution in [2.45, 2.75) is 18.2 Å². The summed E-state index contributed by atoms with van der Waals surface area (Å²) in [5.41, 5.74) is 0. The van der Waals surface area contributed by atoms with Gasteiger partial charge in [0.1, 0.15) is 0 Å². The van der Waals surface area contributed by atoms with E-state index in [2.05, 4.69) is 0 Å². The summed E-state index contributed by atoms with van der Waals surface area (Å²) < 4.78 is -1.08. The van der Waals surface area contributed by atoms with Crippen LogP contribution in [-0.2, 0) is 4.79 Å². The van der Waals surface area contributed by atoms with Crippen LogP contribution in [0.4, 0.5) is 0 Å². The van der Waals surface area contributed by atoms with Crippen molar-refractivity contribution in [3.8, 4) is 0 Å². The number of hydrogen-bond donors (Lipinski definition) is 0. The number of rotatable bonds is 0. The summed E-state index contributed by atoms with van der Waals surface area (Å²) in [5, 5.41) is 0. The maximum atomic E-state index is 10.8. The largest absolute Gasteiger partial charge is 0.296 e. The van der Waals surface area contributed by atoms with Crippen molar-refractivity contribution in [2.24, 2.45) is 11.8 Å². The number of hydrogen-bond acceptors (Lipinski definition) is 1. The van der Waals surface area contributed by atoms with Crippen molar-refractivity contribution < 1.29 is 4.79 Å². The van der Waals surface area contributed by atoms with Gasteiger partial charge in [0.25, 0.3) is 0 Å². The third-order valence-corrected chi connectivity index (χ3v) is 3.12. The predicted molar refractivity (Wildman–Crippen MR) is 37.8 cm³/mol. The Kier molecular flexibility index (Phi) is 1.52. The SMILES string of the molecule is C[C@@H]1C(=O)C(Cl)(Cl)[C@@H]1C. The Morgan fingerprint density at radius 3 is 2.00 bits per heavy atom. The average Bonchev–Trinajstić information content (AvgIpc) is 1.84. The van der Waals surface area contributed by atoms with E-state index in [1.54, 1.807) is 0 Å². The van der Waals surface area contributed by atoms with Crippen molar-refractivity contribution >= 4 is 29.0 Å². The fourth-order valence-corrected chi connectivity index (χ4v) is 1.69. The summed E-state index contributed by atoms with van der Waals surface area (Å²) in [4.78, 5) is 10.8. The first-order valence-electron chi connectivity index (χ1n) is 2.90. The molecular formula is C6H8Cl2O. The van der Waals surface area contributed by atoms with E-state index in [4.69, 9.17) is 23.2 Å². The fourth-order valence-electron chi connectivity index (χ4n) is 0.973. The van der Waals surface area contributed by atoms with Crippen molar-refractivity contribution in [2.75, 3.05) is 0 Å². The number of carbonyl (C=O) groups is 1. The van der Waals surface area contributed by atoms with Gasteiger partial charge in [0, 0.05) is 11.8 Å². The molecule has 1 nitrogen and oxygen atoms in total. The van der Waals surface area contributed by atoms with E-state index >= 15 is 0 Å². The summed E-state index contributed by atoms with van der Waals surface area (Å²) in [5.74, 6) is 0.103. The minimum Gasteiger partial charge on any atom is -0.296 e. The standard InChI is InChI=1S/C6H8Cl2O/c1-3-4(2)6(7,8)5(3)9/h3-4H,1-2H3/t3-,4+/m0/s1. The molecule has 3 heteroatoms. The van der Waals surface area contributed by atoms with Crippen LogP contribution in [0.5, 0.6) is 0 Å². The first-order chi connectivity index (χ1) is 3.98. The highest BCUT2D eigenvalue weighted by atomic mass is 35.5. The Labute approximate surface area is 64.3 Å². The smallest absolute Gasteiger partial charge is 0.179 e. The maximum absolute atomic E-state index is 10.8. The summed E-state index contributed by atoms with van der Waals surface area (Å²) in [7, 11) is 0. The summed E-state index contributed by atoms with van der Waals surface area (Å²) >= 11 is 11.2. The lowest BCUT2D eigenvalue weighted by Crippen LogP contribution is -2.53. The number of carbonyl (C=O) groups excluding carboxylic acids is 1. The minimum atomic E-state index is -1.08. The van der Waals surface area contributed by atoms with Crippen LogP contribution < -0.4 is 0 Å². The number of alkyl halides is 2. The van der Waals surface area contributed by atoms with Crippen LogP contribution >= 0.6 is 23.2 Å². The molecule has 9 heavy (non-hydrogen) atoms. The molecule has 52 valence electrons. The van der Waals surface area contributed by atoms with E-state index in [1.165, 1.54) is 0 Å². The second kappa shape index (κ2) is 1.86. The predicted octanol–water partition coefficient (Wildman–Crippen LogP) is 2.02. The van der Waals surface area contributed by atoms with E-state index in [0.717, 1.165) is 0 Å². The maximum Gasteiger partial charge on any atom is 0.179 e. The van der Waals surface area contributed by atoms with Gasteiger partial charge in [-0.3, -0.25) is 4.79 Å². The second-order valence-electron chi connectivity index (χ2n) is 2.56. The van der Waals surface area contributed by atoms with Gasteiger partial charge in [-0.15, -0.1) is 0 Å². The van der Waals surface area contributed by atoms with Crippen molar-refractivity contribution in [1.82, 2.24) is 0 Å². The van der Waals surface area contributed by atoms with Gasteiger partial charge >= 0.3 is 0 Å². The third-order valence-electron chi connectivity index (χ3n) is 2.06. The lowest BCUT2D eigenvalue weighted by atomic mass is 9.74. The zero-order valence-corrected chi connectivity index (χ0v) is 6.83. The van der Waals surface area contributed by atoms with Crippen LogP contribution in [0, 0.1) is 11.8 Å². The van der Waals surface area contributed by atoms with E-state index in [0.29, 0.717) is 0 Å². The lowest BCUT2D eigenvalue weighted by Gasteiger charge is -2.41. The molecule has 0 unspecified atom stereocenters. The molecule has 0 spiro atoms. The van der Waals surface area contributed by atoms with Crippen LogP contribution in [0.2, 0.25) is 0 Å². The van der Waals surface area contributed by atoms with Gasteiger partial charge < -0.3 is 0 Å². The molecule has 0 bridgehead atoms. The zero-order valence-electron chi connectivity index (χ0n) is 5.32. The topological polar surface area (TPSA) is 17.1 Å². The lowest BCUT2D eigenvalue weighted by molar-refractivity contribution is -0.133. The zero-order chi connectivity index (χ0) is 7.23. The highest BCUT2D eigenvalue weighted by molar-refractivity contribution is 6.60. The monoisotopic (exact) mass is 166 g/mol. The van der Waals surface area contributed by atoms with Gasteiger partial charge in [0.2, 0.25) is 0 Å². The van der Waals surface area contributed by atoms with E-state index < -0.39 is 4.33 Å². The molecule has 1 aliphatic rings. The normalized spacial score (nSPS) is 40.2. The van der Waals surface area contributed by atoms with Gasteiger partial charge in [-0.05, 0) is 0 Å². The minimum absolute atomic E-state index is 0.0417. The molecule has 0 amide bonds. The molecule has 2 atom stereocenters. The molecule has 0 aromatic carbocycles. The van der Waals surface area contributed by atoms with Crippen molar-refractivity contribution in [3.63, 3.8) is 0 Å². The Morgan fingerprint density at radius 1 is 1.44 bits per heavy atom. The summed E-state index contributed by atoms with van der Waals surface area (Å²) in [6.07, 6.45) is 0. The first kappa shape index (κ1) is 7.36. The molecule has 0 aromatic rings. The van der Waals surface area contributed by atoms with Crippen LogP contribution in [0.15, 0.2) is 0 Å². The van der Waals surface area contributed by atoms with E-state index in [1.807, 2.05) is 13.8 Å². The molecule has 0 aliphatic heterocycles. The fraction of sp³-hybridized carbons (Fsp3) is 0.833. The van der Waals surface area contributed by atoms with Crippen LogP contribution in [0.1, 0.15) is 13.8 Å². The van der Waals surface area contributed by atoms with Gasteiger partial charge in [0.05, 0.1) is 0 Å². The number of halogens is 2. The van der Waals surface area contributed by atoms with Crippen molar-refractivity contribution in [1.29, 1.82) is 0 Å². The summed E-state index contributed by atoms with van der Waals surface area (Å²) in [6.45, 7) is 3.72. The summed E-state index contributed by atoms with van der Waals surface area (Å²) in [6, 6.07) is 0. The Hall–Kier alpha value is 0.250. The van der Waals surface area contributed by atoms with Crippen molar-refractivity contribution in [3.05, 3.63) is 0 Å². The Morgan fingerprint density at radius 2 is 1.89 bits per heavy atom. The number of ketones is 1. The third kappa shape index (κ3) is 0.786. The molecule has 1 fully saturated rings. The molecule has 0 radical (unpaired) electrons. The Bertz CT molecular complexity index is 153. The highest BCUT2D eigenvalue weighted by Crippen LogP contribution is 2.47.